The van der Waals surface area contributed by atoms with E-state index in [4.69, 9.17) is 5.73 Å². The van der Waals surface area contributed by atoms with Crippen LogP contribution in [0.3, 0.4) is 0 Å². The normalized spacial score (nSPS) is 10.2. The van der Waals surface area contributed by atoms with Gasteiger partial charge in [-0.15, -0.1) is 5.10 Å². The molecule has 2 rings (SSSR count). The topological polar surface area (TPSA) is 110 Å². The fraction of sp³-hybridized carbons (Fsp3) is 0.200. The zero-order valence-corrected chi connectivity index (χ0v) is 9.48. The van der Waals surface area contributed by atoms with Crippen molar-refractivity contribution in [2.45, 2.75) is 13.8 Å². The smallest absolute Gasteiger partial charge is 0.294 e. The van der Waals surface area contributed by atoms with E-state index in [1.54, 1.807) is 6.07 Å². The van der Waals surface area contributed by atoms with Crippen molar-refractivity contribution in [2.75, 3.05) is 11.1 Å². The molecule has 7 nitrogen and oxygen atoms in total. The zero-order valence-electron chi connectivity index (χ0n) is 9.48. The molecule has 2 aromatic rings. The monoisotopic (exact) mass is 232 g/mol. The fourth-order valence-electron chi connectivity index (χ4n) is 1.46. The molecule has 0 aliphatic rings. The predicted molar refractivity (Wildman–Crippen MR) is 62.5 cm³/mol. The molecule has 7 heteroatoms. The minimum Gasteiger partial charge on any atom is -0.366 e. The molecule has 4 N–H and O–H groups in total. The summed E-state index contributed by atoms with van der Waals surface area (Å²) >= 11 is 0. The number of nitrogens with two attached hydrogens (primary N) is 1. The van der Waals surface area contributed by atoms with Crippen LogP contribution < -0.4 is 11.1 Å². The van der Waals surface area contributed by atoms with Gasteiger partial charge in [-0.2, -0.15) is 4.98 Å². The van der Waals surface area contributed by atoms with E-state index >= 15 is 0 Å². The Morgan fingerprint density at radius 2 is 2.12 bits per heavy atom. The van der Waals surface area contributed by atoms with E-state index in [0.29, 0.717) is 5.82 Å². The van der Waals surface area contributed by atoms with Crippen molar-refractivity contribution in [2.24, 2.45) is 0 Å². The standard InChI is InChI=1S/C10H12N6O/c1-5-3-6(2)12-7(4-5)13-9(17)8-14-10(11)16-15-8/h3-4H,1-2H3,(H,12,13,17)(H3,11,14,15,16). The number of aryl methyl sites for hydroxylation is 2. The average molecular weight is 232 g/mol. The largest absolute Gasteiger partial charge is 0.366 e. The molecule has 0 saturated heterocycles. The van der Waals surface area contributed by atoms with Crippen molar-refractivity contribution in [3.8, 4) is 0 Å². The molecule has 0 radical (unpaired) electrons. The van der Waals surface area contributed by atoms with E-state index in [2.05, 4.69) is 25.5 Å². The Bertz CT molecular complexity index is 541. The molecule has 0 spiro atoms. The lowest BCUT2D eigenvalue weighted by molar-refractivity contribution is 0.101. The molecule has 2 heterocycles. The second-order valence-corrected chi connectivity index (χ2v) is 3.67. The van der Waals surface area contributed by atoms with Crippen LogP contribution in [-0.4, -0.2) is 26.1 Å². The molecule has 17 heavy (non-hydrogen) atoms. The number of hydrogen-bond acceptors (Lipinski definition) is 5. The number of hydrogen-bond donors (Lipinski definition) is 3. The Morgan fingerprint density at radius 3 is 2.71 bits per heavy atom. The van der Waals surface area contributed by atoms with Crippen molar-refractivity contribution < 1.29 is 4.79 Å². The molecule has 0 aromatic carbocycles. The minimum absolute atomic E-state index is 0.0310. The van der Waals surface area contributed by atoms with Gasteiger partial charge in [0.25, 0.3) is 5.91 Å². The number of aromatic amines is 1. The summed E-state index contributed by atoms with van der Waals surface area (Å²) in [7, 11) is 0. The van der Waals surface area contributed by atoms with Crippen LogP contribution in [0.4, 0.5) is 11.8 Å². The fourth-order valence-corrected chi connectivity index (χ4v) is 1.46. The molecule has 2 aromatic heterocycles. The van der Waals surface area contributed by atoms with E-state index in [9.17, 15) is 4.79 Å². The highest BCUT2D eigenvalue weighted by Crippen LogP contribution is 2.09. The van der Waals surface area contributed by atoms with Gasteiger partial charge in [-0.1, -0.05) is 0 Å². The first-order chi connectivity index (χ1) is 8.04. The molecule has 1 amide bonds. The third-order valence-corrected chi connectivity index (χ3v) is 2.06. The minimum atomic E-state index is -0.424. The van der Waals surface area contributed by atoms with Crippen molar-refractivity contribution in [3.05, 3.63) is 29.2 Å². The Hall–Kier alpha value is -2.44. The number of H-pyrrole nitrogens is 1. The first-order valence-electron chi connectivity index (χ1n) is 4.99. The summed E-state index contributed by atoms with van der Waals surface area (Å²) in [4.78, 5) is 19.6. The molecule has 0 saturated carbocycles. The van der Waals surface area contributed by atoms with Crippen LogP contribution in [0, 0.1) is 13.8 Å². The third-order valence-electron chi connectivity index (χ3n) is 2.06. The molecule has 0 atom stereocenters. The van der Waals surface area contributed by atoms with Gasteiger partial charge in [0.2, 0.25) is 11.8 Å². The number of nitrogens with one attached hydrogen (secondary N) is 2. The molecule has 0 unspecified atom stereocenters. The van der Waals surface area contributed by atoms with Crippen LogP contribution in [0.5, 0.6) is 0 Å². The predicted octanol–water partition coefficient (Wildman–Crippen LogP) is 0.651. The molecule has 0 aliphatic carbocycles. The Labute approximate surface area is 97.5 Å². The summed E-state index contributed by atoms with van der Waals surface area (Å²) in [5, 5.41) is 8.62. The first kappa shape index (κ1) is 11.1. The molecular weight excluding hydrogens is 220 g/mol. The highest BCUT2D eigenvalue weighted by molar-refractivity contribution is 6.01. The van der Waals surface area contributed by atoms with E-state index < -0.39 is 5.91 Å². The van der Waals surface area contributed by atoms with Crippen LogP contribution in [0.2, 0.25) is 0 Å². The molecular formula is C10H12N6O. The number of nitrogens with zero attached hydrogens (tertiary/aromatic N) is 3. The van der Waals surface area contributed by atoms with Crippen LogP contribution in [0.1, 0.15) is 21.9 Å². The number of rotatable bonds is 2. The van der Waals surface area contributed by atoms with Crippen LogP contribution >= 0.6 is 0 Å². The molecule has 0 bridgehead atoms. The molecule has 0 aliphatic heterocycles. The van der Waals surface area contributed by atoms with Crippen molar-refractivity contribution in [3.63, 3.8) is 0 Å². The number of carbonyl (C=O) groups is 1. The summed E-state index contributed by atoms with van der Waals surface area (Å²) < 4.78 is 0. The van der Waals surface area contributed by atoms with Crippen LogP contribution in [0.15, 0.2) is 12.1 Å². The van der Waals surface area contributed by atoms with E-state index in [1.807, 2.05) is 19.9 Å². The van der Waals surface area contributed by atoms with Crippen molar-refractivity contribution in [1.29, 1.82) is 0 Å². The van der Waals surface area contributed by atoms with E-state index in [0.717, 1.165) is 11.3 Å². The summed E-state index contributed by atoms with van der Waals surface area (Å²) in [6.07, 6.45) is 0. The second-order valence-electron chi connectivity index (χ2n) is 3.67. The summed E-state index contributed by atoms with van der Waals surface area (Å²) in [5.41, 5.74) is 7.16. The summed E-state index contributed by atoms with van der Waals surface area (Å²) in [6.45, 7) is 3.78. The number of carbonyl (C=O) groups excluding carboxylic acids is 1. The number of amides is 1. The summed E-state index contributed by atoms with van der Waals surface area (Å²) in [6, 6.07) is 3.69. The Kier molecular flexibility index (Phi) is 2.73. The van der Waals surface area contributed by atoms with Gasteiger partial charge < -0.3 is 11.1 Å². The van der Waals surface area contributed by atoms with Crippen molar-refractivity contribution in [1.82, 2.24) is 20.2 Å². The van der Waals surface area contributed by atoms with Crippen LogP contribution in [-0.2, 0) is 0 Å². The molecule has 88 valence electrons. The second kappa shape index (κ2) is 4.20. The maximum absolute atomic E-state index is 11.7. The zero-order chi connectivity index (χ0) is 12.4. The van der Waals surface area contributed by atoms with E-state index in [1.165, 1.54) is 0 Å². The lowest BCUT2D eigenvalue weighted by Crippen LogP contribution is -2.15. The highest BCUT2D eigenvalue weighted by Gasteiger charge is 2.11. The van der Waals surface area contributed by atoms with Gasteiger partial charge in [0.05, 0.1) is 0 Å². The Balaban J connectivity index is 2.18. The highest BCUT2D eigenvalue weighted by atomic mass is 16.2. The first-order valence-corrected chi connectivity index (χ1v) is 4.99. The lowest BCUT2D eigenvalue weighted by Gasteiger charge is -2.04. The molecule has 0 fully saturated rings. The van der Waals surface area contributed by atoms with Gasteiger partial charge in [-0.05, 0) is 31.5 Å². The van der Waals surface area contributed by atoms with Gasteiger partial charge in [0.1, 0.15) is 5.82 Å². The maximum Gasteiger partial charge on any atom is 0.294 e. The number of nitrogen functional groups attached to an aromatic ring is 1. The SMILES string of the molecule is Cc1cc(C)nc(NC(=O)c2nc(N)n[nH]2)c1. The average Bonchev–Trinajstić information content (AvgIpc) is 2.63. The van der Waals surface area contributed by atoms with Crippen molar-refractivity contribution >= 4 is 17.7 Å². The van der Waals surface area contributed by atoms with Gasteiger partial charge in [0, 0.05) is 5.69 Å². The Morgan fingerprint density at radius 1 is 1.35 bits per heavy atom. The van der Waals surface area contributed by atoms with Gasteiger partial charge >= 0.3 is 0 Å². The lowest BCUT2D eigenvalue weighted by atomic mass is 10.2. The van der Waals surface area contributed by atoms with E-state index in [-0.39, 0.29) is 11.8 Å². The van der Waals surface area contributed by atoms with Crippen LogP contribution in [0.25, 0.3) is 0 Å². The summed E-state index contributed by atoms with van der Waals surface area (Å²) in [5.74, 6) is 0.140. The maximum atomic E-state index is 11.7. The quantitative estimate of drug-likeness (QED) is 0.704. The number of pyridine rings is 1. The van der Waals surface area contributed by atoms with Gasteiger partial charge in [-0.25, -0.2) is 4.98 Å². The van der Waals surface area contributed by atoms with Gasteiger partial charge in [0.15, 0.2) is 0 Å². The number of aromatic nitrogens is 4. The third kappa shape index (κ3) is 2.57. The number of anilines is 2. The van der Waals surface area contributed by atoms with Gasteiger partial charge in [-0.3, -0.25) is 9.89 Å².